The minimum atomic E-state index is -1.06. The van der Waals surface area contributed by atoms with Gasteiger partial charge in [-0.3, -0.25) is 4.98 Å². The van der Waals surface area contributed by atoms with Crippen LogP contribution in [0.1, 0.15) is 12.5 Å². The third-order valence-electron chi connectivity index (χ3n) is 1.57. The van der Waals surface area contributed by atoms with Gasteiger partial charge in [0, 0.05) is 18.9 Å². The van der Waals surface area contributed by atoms with Crippen molar-refractivity contribution < 1.29 is 9.90 Å². The smallest absolute Gasteiger partial charge is 0.427 e. The lowest BCUT2D eigenvalue weighted by Crippen LogP contribution is -2.23. The first-order chi connectivity index (χ1) is 6.74. The van der Waals surface area contributed by atoms with E-state index in [1.165, 1.54) is 6.21 Å². The van der Waals surface area contributed by atoms with Gasteiger partial charge >= 0.3 is 6.09 Å². The number of hydrogen-bond acceptors (Lipinski definition) is 3. The molecule has 0 unspecified atom stereocenters. The molecule has 0 fully saturated rings. The highest BCUT2D eigenvalue weighted by molar-refractivity contribution is 5.80. The summed E-state index contributed by atoms with van der Waals surface area (Å²) in [5.74, 6) is 0. The van der Waals surface area contributed by atoms with Gasteiger partial charge in [-0.05, 0) is 24.6 Å². The lowest BCUT2D eigenvalue weighted by atomic mass is 10.3. The number of hydrogen-bond donors (Lipinski definition) is 1. The number of carboxylic acid groups (broad SMARTS) is 1. The molecule has 1 aromatic rings. The Balaban J connectivity index is 2.67. The van der Waals surface area contributed by atoms with E-state index in [4.69, 9.17) is 5.11 Å². The maximum atomic E-state index is 10.6. The van der Waals surface area contributed by atoms with E-state index in [0.29, 0.717) is 6.54 Å². The molecule has 0 saturated carbocycles. The van der Waals surface area contributed by atoms with Crippen molar-refractivity contribution in [2.45, 2.75) is 6.92 Å². The summed E-state index contributed by atoms with van der Waals surface area (Å²) in [6, 6.07) is 3.50. The Morgan fingerprint density at radius 2 is 2.29 bits per heavy atom. The molecule has 0 aliphatic heterocycles. The van der Waals surface area contributed by atoms with Crippen molar-refractivity contribution in [2.24, 2.45) is 5.10 Å². The maximum absolute atomic E-state index is 10.6. The number of rotatable bonds is 3. The Morgan fingerprint density at radius 3 is 2.79 bits per heavy atom. The second kappa shape index (κ2) is 4.96. The van der Waals surface area contributed by atoms with E-state index < -0.39 is 6.09 Å². The molecule has 1 N–H and O–H groups in total. The van der Waals surface area contributed by atoms with Gasteiger partial charge in [-0.2, -0.15) is 10.1 Å². The van der Waals surface area contributed by atoms with Crippen LogP contribution in [0.2, 0.25) is 0 Å². The standard InChI is InChI=1S/C9H11N3O2/c1-2-12(9(13)14)11-7-8-3-5-10-6-4-8/h3-7H,2H2,1H3,(H,13,14)/b11-7+. The second-order valence-electron chi connectivity index (χ2n) is 2.52. The van der Waals surface area contributed by atoms with E-state index in [-0.39, 0.29) is 0 Å². The van der Waals surface area contributed by atoms with Crippen LogP contribution in [-0.4, -0.2) is 34.0 Å². The first-order valence-corrected chi connectivity index (χ1v) is 4.18. The molecule has 0 spiro atoms. The molecule has 0 aliphatic carbocycles. The Hall–Kier alpha value is -1.91. The molecule has 0 bridgehead atoms. The van der Waals surface area contributed by atoms with E-state index in [1.54, 1.807) is 31.5 Å². The van der Waals surface area contributed by atoms with Crippen LogP contribution in [0.15, 0.2) is 29.6 Å². The summed E-state index contributed by atoms with van der Waals surface area (Å²) < 4.78 is 0. The zero-order valence-electron chi connectivity index (χ0n) is 7.79. The number of nitrogens with zero attached hydrogens (tertiary/aromatic N) is 3. The Labute approximate surface area is 81.7 Å². The summed E-state index contributed by atoms with van der Waals surface area (Å²) in [6.07, 6.45) is 3.67. The first kappa shape index (κ1) is 10.2. The molecule has 1 rings (SSSR count). The van der Waals surface area contributed by atoms with Crippen LogP contribution >= 0.6 is 0 Å². The number of carbonyl (C=O) groups is 1. The summed E-state index contributed by atoms with van der Waals surface area (Å²) >= 11 is 0. The predicted molar refractivity (Wildman–Crippen MR) is 52.2 cm³/mol. The van der Waals surface area contributed by atoms with Crippen molar-refractivity contribution in [1.29, 1.82) is 0 Å². The number of hydrazone groups is 1. The molecule has 0 atom stereocenters. The van der Waals surface area contributed by atoms with Crippen LogP contribution in [-0.2, 0) is 0 Å². The molecule has 0 aliphatic rings. The SMILES string of the molecule is CCN(/N=C/c1ccncc1)C(=O)O. The van der Waals surface area contributed by atoms with Gasteiger partial charge in [-0.15, -0.1) is 0 Å². The molecule has 0 aromatic carbocycles. The lowest BCUT2D eigenvalue weighted by molar-refractivity contribution is 0.150. The predicted octanol–water partition coefficient (Wildman–Crippen LogP) is 1.42. The molecule has 0 saturated heterocycles. The van der Waals surface area contributed by atoms with Crippen LogP contribution in [0.4, 0.5) is 4.79 Å². The second-order valence-corrected chi connectivity index (χ2v) is 2.52. The van der Waals surface area contributed by atoms with Gasteiger partial charge in [0.25, 0.3) is 0 Å². The van der Waals surface area contributed by atoms with Crippen molar-refractivity contribution in [1.82, 2.24) is 9.99 Å². The fourth-order valence-electron chi connectivity index (χ4n) is 0.852. The normalized spacial score (nSPS) is 10.4. The minimum absolute atomic E-state index is 0.330. The van der Waals surface area contributed by atoms with E-state index in [0.717, 1.165) is 10.6 Å². The molecule has 5 heteroatoms. The van der Waals surface area contributed by atoms with Gasteiger partial charge in [-0.1, -0.05) is 0 Å². The van der Waals surface area contributed by atoms with Crippen molar-refractivity contribution in [3.63, 3.8) is 0 Å². The molecule has 14 heavy (non-hydrogen) atoms. The van der Waals surface area contributed by atoms with Crippen molar-refractivity contribution in [2.75, 3.05) is 6.54 Å². The molecule has 1 aromatic heterocycles. The fourth-order valence-corrected chi connectivity index (χ4v) is 0.852. The molecule has 1 amide bonds. The van der Waals surface area contributed by atoms with E-state index in [1.807, 2.05) is 0 Å². The third kappa shape index (κ3) is 2.85. The Kier molecular flexibility index (Phi) is 3.60. The molecule has 5 nitrogen and oxygen atoms in total. The summed E-state index contributed by atoms with van der Waals surface area (Å²) in [5, 5.41) is 13.4. The van der Waals surface area contributed by atoms with Crippen LogP contribution in [0.5, 0.6) is 0 Å². The van der Waals surface area contributed by atoms with Gasteiger partial charge < -0.3 is 5.11 Å². The average molecular weight is 193 g/mol. The Bertz CT molecular complexity index is 324. The monoisotopic (exact) mass is 193 g/mol. The molecule has 74 valence electrons. The highest BCUT2D eigenvalue weighted by Gasteiger charge is 2.04. The van der Waals surface area contributed by atoms with E-state index in [2.05, 4.69) is 10.1 Å². The van der Waals surface area contributed by atoms with Gasteiger partial charge in [-0.25, -0.2) is 4.79 Å². The molecular formula is C9H11N3O2. The number of pyridine rings is 1. The van der Waals surface area contributed by atoms with E-state index >= 15 is 0 Å². The highest BCUT2D eigenvalue weighted by atomic mass is 16.4. The van der Waals surface area contributed by atoms with Crippen LogP contribution < -0.4 is 0 Å². The third-order valence-corrected chi connectivity index (χ3v) is 1.57. The number of amides is 1. The number of aromatic nitrogens is 1. The first-order valence-electron chi connectivity index (χ1n) is 4.18. The summed E-state index contributed by atoms with van der Waals surface area (Å²) in [6.45, 7) is 2.05. The van der Waals surface area contributed by atoms with Crippen molar-refractivity contribution in [3.05, 3.63) is 30.1 Å². The van der Waals surface area contributed by atoms with Crippen LogP contribution in [0.3, 0.4) is 0 Å². The zero-order valence-corrected chi connectivity index (χ0v) is 7.79. The summed E-state index contributed by atoms with van der Waals surface area (Å²) in [7, 11) is 0. The molecular weight excluding hydrogens is 182 g/mol. The fraction of sp³-hybridized carbons (Fsp3) is 0.222. The van der Waals surface area contributed by atoms with Gasteiger partial charge in [0.15, 0.2) is 0 Å². The zero-order chi connectivity index (χ0) is 10.4. The van der Waals surface area contributed by atoms with Gasteiger partial charge in [0.05, 0.1) is 6.21 Å². The minimum Gasteiger partial charge on any atom is -0.464 e. The van der Waals surface area contributed by atoms with E-state index in [9.17, 15) is 4.79 Å². The summed E-state index contributed by atoms with van der Waals surface area (Å²) in [4.78, 5) is 14.4. The topological polar surface area (TPSA) is 65.8 Å². The van der Waals surface area contributed by atoms with Crippen molar-refractivity contribution in [3.8, 4) is 0 Å². The molecule has 1 heterocycles. The van der Waals surface area contributed by atoms with Gasteiger partial charge in [0.1, 0.15) is 0 Å². The lowest BCUT2D eigenvalue weighted by Gasteiger charge is -2.08. The van der Waals surface area contributed by atoms with Crippen LogP contribution in [0, 0.1) is 0 Å². The largest absolute Gasteiger partial charge is 0.464 e. The summed E-state index contributed by atoms with van der Waals surface area (Å²) in [5.41, 5.74) is 0.819. The highest BCUT2D eigenvalue weighted by Crippen LogP contribution is 1.94. The molecule has 0 radical (unpaired) electrons. The Morgan fingerprint density at radius 1 is 1.64 bits per heavy atom. The maximum Gasteiger partial charge on any atom is 0.427 e. The van der Waals surface area contributed by atoms with Crippen molar-refractivity contribution >= 4 is 12.3 Å². The van der Waals surface area contributed by atoms with Gasteiger partial charge in [0.2, 0.25) is 0 Å². The quantitative estimate of drug-likeness (QED) is 0.583. The average Bonchev–Trinajstić information content (AvgIpc) is 2.20. The van der Waals surface area contributed by atoms with Crippen LogP contribution in [0.25, 0.3) is 0 Å².